The van der Waals surface area contributed by atoms with E-state index in [0.717, 1.165) is 12.0 Å². The molecule has 2 N–H and O–H groups in total. The van der Waals surface area contributed by atoms with Gasteiger partial charge in [0.25, 0.3) is 0 Å². The van der Waals surface area contributed by atoms with Gasteiger partial charge in [-0.3, -0.25) is 9.59 Å². The standard InChI is InChI=1S/C19H19ClN2O2/c20-15-8-6-14(7-9-15)16-11-17(16)22-19(24)12-21-18(23)10-13-4-2-1-3-5-13/h1-9,16-17H,10-12H2,(H,21,23)(H,22,24)/t16-,17+/m0/s1. The van der Waals surface area contributed by atoms with Crippen LogP contribution < -0.4 is 10.6 Å². The Hall–Kier alpha value is -2.33. The lowest BCUT2D eigenvalue weighted by molar-refractivity contribution is -0.125. The third-order valence-corrected chi connectivity index (χ3v) is 4.34. The number of benzene rings is 2. The molecule has 0 unspecified atom stereocenters. The second kappa shape index (κ2) is 7.49. The first-order valence-electron chi connectivity index (χ1n) is 7.97. The maximum Gasteiger partial charge on any atom is 0.239 e. The molecule has 124 valence electrons. The van der Waals surface area contributed by atoms with Gasteiger partial charge in [0.05, 0.1) is 13.0 Å². The second-order valence-corrected chi connectivity index (χ2v) is 6.44. The maximum atomic E-state index is 11.9. The Morgan fingerprint density at radius 1 is 1.00 bits per heavy atom. The Morgan fingerprint density at radius 3 is 2.42 bits per heavy atom. The Labute approximate surface area is 146 Å². The van der Waals surface area contributed by atoms with Crippen LogP contribution in [-0.2, 0) is 16.0 Å². The summed E-state index contributed by atoms with van der Waals surface area (Å²) in [6, 6.07) is 17.3. The van der Waals surface area contributed by atoms with Crippen LogP contribution in [-0.4, -0.2) is 24.4 Å². The molecule has 0 aliphatic heterocycles. The number of hydrogen-bond donors (Lipinski definition) is 2. The van der Waals surface area contributed by atoms with Crippen LogP contribution in [0.15, 0.2) is 54.6 Å². The number of hydrogen-bond acceptors (Lipinski definition) is 2. The van der Waals surface area contributed by atoms with Crippen LogP contribution >= 0.6 is 11.6 Å². The van der Waals surface area contributed by atoms with Crippen molar-refractivity contribution in [2.24, 2.45) is 0 Å². The van der Waals surface area contributed by atoms with Gasteiger partial charge in [0, 0.05) is 17.0 Å². The molecule has 0 heterocycles. The molecule has 1 fully saturated rings. The summed E-state index contributed by atoms with van der Waals surface area (Å²) in [5, 5.41) is 6.32. The lowest BCUT2D eigenvalue weighted by Gasteiger charge is -2.07. The number of amides is 2. The minimum Gasteiger partial charge on any atom is -0.351 e. The van der Waals surface area contributed by atoms with Gasteiger partial charge in [-0.25, -0.2) is 0 Å². The molecule has 2 aromatic carbocycles. The molecule has 4 nitrogen and oxygen atoms in total. The molecule has 2 atom stereocenters. The van der Waals surface area contributed by atoms with E-state index in [1.54, 1.807) is 0 Å². The van der Waals surface area contributed by atoms with Crippen molar-refractivity contribution in [1.29, 1.82) is 0 Å². The van der Waals surface area contributed by atoms with Gasteiger partial charge in [0.2, 0.25) is 11.8 Å². The number of nitrogens with one attached hydrogen (secondary N) is 2. The lowest BCUT2D eigenvalue weighted by Crippen LogP contribution is -2.38. The SMILES string of the molecule is O=C(Cc1ccccc1)NCC(=O)N[C@@H]1C[C@H]1c1ccc(Cl)cc1. The molecule has 0 spiro atoms. The van der Waals surface area contributed by atoms with E-state index >= 15 is 0 Å². The third-order valence-electron chi connectivity index (χ3n) is 4.09. The molecule has 2 aromatic rings. The first kappa shape index (κ1) is 16.5. The zero-order chi connectivity index (χ0) is 16.9. The summed E-state index contributed by atoms with van der Waals surface area (Å²) in [5.41, 5.74) is 2.11. The van der Waals surface area contributed by atoms with Crippen LogP contribution in [0.25, 0.3) is 0 Å². The van der Waals surface area contributed by atoms with Gasteiger partial charge >= 0.3 is 0 Å². The zero-order valence-electron chi connectivity index (χ0n) is 13.2. The van der Waals surface area contributed by atoms with Crippen molar-refractivity contribution in [2.75, 3.05) is 6.54 Å². The largest absolute Gasteiger partial charge is 0.351 e. The highest BCUT2D eigenvalue weighted by Gasteiger charge is 2.39. The van der Waals surface area contributed by atoms with Gasteiger partial charge in [-0.1, -0.05) is 54.1 Å². The first-order chi connectivity index (χ1) is 11.6. The Morgan fingerprint density at radius 2 is 1.71 bits per heavy atom. The third kappa shape index (κ3) is 4.59. The predicted octanol–water partition coefficient (Wildman–Crippen LogP) is 2.67. The Bertz CT molecular complexity index is 716. The van der Waals surface area contributed by atoms with E-state index in [9.17, 15) is 9.59 Å². The van der Waals surface area contributed by atoms with Crippen LogP contribution in [0.3, 0.4) is 0 Å². The highest BCUT2D eigenvalue weighted by atomic mass is 35.5. The van der Waals surface area contributed by atoms with Crippen molar-refractivity contribution in [3.8, 4) is 0 Å². The van der Waals surface area contributed by atoms with E-state index in [0.29, 0.717) is 10.9 Å². The molecule has 0 radical (unpaired) electrons. The van der Waals surface area contributed by atoms with Crippen LogP contribution in [0.5, 0.6) is 0 Å². The minimum absolute atomic E-state index is 0.00943. The van der Waals surface area contributed by atoms with Gasteiger partial charge < -0.3 is 10.6 Å². The van der Waals surface area contributed by atoms with E-state index in [-0.39, 0.29) is 30.8 Å². The summed E-state index contributed by atoms with van der Waals surface area (Å²) in [7, 11) is 0. The minimum atomic E-state index is -0.155. The van der Waals surface area contributed by atoms with Crippen molar-refractivity contribution >= 4 is 23.4 Å². The maximum absolute atomic E-state index is 11.9. The van der Waals surface area contributed by atoms with Gasteiger partial charge in [-0.05, 0) is 29.7 Å². The summed E-state index contributed by atoms with van der Waals surface area (Å²) < 4.78 is 0. The predicted molar refractivity (Wildman–Crippen MR) is 93.9 cm³/mol. The van der Waals surface area contributed by atoms with Crippen LogP contribution in [0, 0.1) is 0 Å². The summed E-state index contributed by atoms with van der Waals surface area (Å²) in [5.74, 6) is 0.0329. The smallest absolute Gasteiger partial charge is 0.239 e. The summed E-state index contributed by atoms with van der Waals surface area (Å²) in [4.78, 5) is 23.8. The molecule has 5 heteroatoms. The number of carbonyl (C=O) groups excluding carboxylic acids is 2. The average Bonchev–Trinajstić information content (AvgIpc) is 3.33. The van der Waals surface area contributed by atoms with Crippen LogP contribution in [0.4, 0.5) is 0 Å². The number of rotatable bonds is 6. The molecule has 1 saturated carbocycles. The van der Waals surface area contributed by atoms with E-state index in [2.05, 4.69) is 10.6 Å². The Balaban J connectivity index is 1.39. The number of carbonyl (C=O) groups is 2. The molecule has 0 saturated heterocycles. The first-order valence-corrected chi connectivity index (χ1v) is 8.35. The normalized spacial score (nSPS) is 18.7. The second-order valence-electron chi connectivity index (χ2n) is 6.01. The van der Waals surface area contributed by atoms with Gasteiger partial charge in [-0.15, -0.1) is 0 Å². The monoisotopic (exact) mass is 342 g/mol. The lowest BCUT2D eigenvalue weighted by atomic mass is 10.1. The summed E-state index contributed by atoms with van der Waals surface area (Å²) >= 11 is 5.88. The van der Waals surface area contributed by atoms with Gasteiger partial charge in [-0.2, -0.15) is 0 Å². The molecule has 24 heavy (non-hydrogen) atoms. The van der Waals surface area contributed by atoms with E-state index in [1.165, 1.54) is 5.56 Å². The van der Waals surface area contributed by atoms with Crippen molar-refractivity contribution in [3.05, 3.63) is 70.7 Å². The fourth-order valence-electron chi connectivity index (χ4n) is 2.71. The summed E-state index contributed by atoms with van der Waals surface area (Å²) in [6.07, 6.45) is 1.20. The molecule has 1 aliphatic rings. The van der Waals surface area contributed by atoms with Gasteiger partial charge in [0.1, 0.15) is 0 Å². The van der Waals surface area contributed by atoms with Crippen molar-refractivity contribution in [2.45, 2.75) is 24.8 Å². The number of halogens is 1. The zero-order valence-corrected chi connectivity index (χ0v) is 13.9. The highest BCUT2D eigenvalue weighted by molar-refractivity contribution is 6.30. The molecular weight excluding hydrogens is 324 g/mol. The molecule has 3 rings (SSSR count). The highest BCUT2D eigenvalue weighted by Crippen LogP contribution is 2.40. The molecule has 0 aromatic heterocycles. The van der Waals surface area contributed by atoms with Crippen molar-refractivity contribution in [3.63, 3.8) is 0 Å². The quantitative estimate of drug-likeness (QED) is 0.848. The van der Waals surface area contributed by atoms with E-state index < -0.39 is 0 Å². The fraction of sp³-hybridized carbons (Fsp3) is 0.263. The average molecular weight is 343 g/mol. The topological polar surface area (TPSA) is 58.2 Å². The molecule has 2 amide bonds. The van der Waals surface area contributed by atoms with E-state index in [4.69, 9.17) is 11.6 Å². The van der Waals surface area contributed by atoms with Crippen molar-refractivity contribution in [1.82, 2.24) is 10.6 Å². The van der Waals surface area contributed by atoms with E-state index in [1.807, 2.05) is 54.6 Å². The summed E-state index contributed by atoms with van der Waals surface area (Å²) in [6.45, 7) is 0.00943. The Kier molecular flexibility index (Phi) is 5.16. The van der Waals surface area contributed by atoms with Crippen LogP contribution in [0.1, 0.15) is 23.5 Å². The fourth-order valence-corrected chi connectivity index (χ4v) is 2.84. The van der Waals surface area contributed by atoms with Crippen molar-refractivity contribution < 1.29 is 9.59 Å². The molecular formula is C19H19ClN2O2. The molecule has 0 bridgehead atoms. The molecule has 1 aliphatic carbocycles. The van der Waals surface area contributed by atoms with Crippen LogP contribution in [0.2, 0.25) is 5.02 Å². The van der Waals surface area contributed by atoms with Gasteiger partial charge in [0.15, 0.2) is 0 Å².